The molecule has 0 fully saturated rings. The van der Waals surface area contributed by atoms with Crippen LogP contribution < -0.4 is 0 Å². The molecule has 0 aromatic heterocycles. The summed E-state index contributed by atoms with van der Waals surface area (Å²) in [4.78, 5) is 20.8. The van der Waals surface area contributed by atoms with Gasteiger partial charge in [0, 0.05) is 6.07 Å². The highest BCUT2D eigenvalue weighted by Gasteiger charge is 2.21. The number of halogens is 1. The molecular formula is C9H8FNO5. The van der Waals surface area contributed by atoms with E-state index in [9.17, 15) is 24.4 Å². The number of ether oxygens (including phenoxy) is 1. The predicted octanol–water partition coefficient (Wildman–Crippen LogP) is 1.62. The second kappa shape index (κ2) is 4.56. The molecule has 86 valence electrons. The summed E-state index contributed by atoms with van der Waals surface area (Å²) in [7, 11) is 0. The Hall–Kier alpha value is -2.18. The first kappa shape index (κ1) is 11.9. The third kappa shape index (κ3) is 2.25. The maximum absolute atomic E-state index is 13.0. The topological polar surface area (TPSA) is 89.7 Å². The molecule has 1 rings (SSSR count). The van der Waals surface area contributed by atoms with Crippen LogP contribution in [-0.4, -0.2) is 22.6 Å². The van der Waals surface area contributed by atoms with Gasteiger partial charge >= 0.3 is 5.97 Å². The smallest absolute Gasteiger partial charge is 0.342 e. The number of non-ortho nitro benzene ring substituents is 1. The van der Waals surface area contributed by atoms with Crippen LogP contribution in [0.15, 0.2) is 12.1 Å². The number of carbonyl (C=O) groups excluding carboxylic acids is 1. The van der Waals surface area contributed by atoms with E-state index in [2.05, 4.69) is 4.74 Å². The second-order valence-corrected chi connectivity index (χ2v) is 2.80. The van der Waals surface area contributed by atoms with Crippen molar-refractivity contribution in [3.63, 3.8) is 0 Å². The molecule has 6 nitrogen and oxygen atoms in total. The van der Waals surface area contributed by atoms with Gasteiger partial charge in [-0.1, -0.05) is 0 Å². The first-order chi connectivity index (χ1) is 7.47. The summed E-state index contributed by atoms with van der Waals surface area (Å²) in [6, 6.07) is 1.29. The quantitative estimate of drug-likeness (QED) is 0.483. The van der Waals surface area contributed by atoms with Crippen LogP contribution in [-0.2, 0) is 4.74 Å². The van der Waals surface area contributed by atoms with Gasteiger partial charge in [0.15, 0.2) is 11.6 Å². The van der Waals surface area contributed by atoms with Crippen LogP contribution in [0.4, 0.5) is 10.1 Å². The summed E-state index contributed by atoms with van der Waals surface area (Å²) in [5, 5.41) is 19.6. The Morgan fingerprint density at radius 2 is 2.25 bits per heavy atom. The monoisotopic (exact) mass is 229 g/mol. The van der Waals surface area contributed by atoms with Crippen molar-refractivity contribution in [2.45, 2.75) is 6.92 Å². The van der Waals surface area contributed by atoms with E-state index in [1.54, 1.807) is 0 Å². The fraction of sp³-hybridized carbons (Fsp3) is 0.222. The van der Waals surface area contributed by atoms with Gasteiger partial charge in [-0.25, -0.2) is 9.18 Å². The summed E-state index contributed by atoms with van der Waals surface area (Å²) >= 11 is 0. The van der Waals surface area contributed by atoms with Crippen LogP contribution in [0.5, 0.6) is 5.75 Å². The molecule has 7 heteroatoms. The molecule has 0 bridgehead atoms. The predicted molar refractivity (Wildman–Crippen MR) is 50.7 cm³/mol. The van der Waals surface area contributed by atoms with Gasteiger partial charge in [-0.3, -0.25) is 10.1 Å². The zero-order valence-electron chi connectivity index (χ0n) is 8.27. The SMILES string of the molecule is CCOC(=O)c1cc([N+](=O)[O-])cc(F)c1O. The minimum Gasteiger partial charge on any atom is -0.504 e. The number of esters is 1. The summed E-state index contributed by atoms with van der Waals surface area (Å²) in [6.07, 6.45) is 0. The van der Waals surface area contributed by atoms with E-state index in [-0.39, 0.29) is 6.61 Å². The molecule has 0 atom stereocenters. The van der Waals surface area contributed by atoms with Crippen LogP contribution in [0.1, 0.15) is 17.3 Å². The lowest BCUT2D eigenvalue weighted by molar-refractivity contribution is -0.385. The Balaban J connectivity index is 3.26. The molecule has 0 aliphatic carbocycles. The Labute approximate surface area is 89.4 Å². The number of phenols is 1. The highest BCUT2D eigenvalue weighted by molar-refractivity contribution is 5.93. The van der Waals surface area contributed by atoms with Crippen molar-refractivity contribution in [2.75, 3.05) is 6.61 Å². The molecule has 0 spiro atoms. The normalized spacial score (nSPS) is 9.88. The Bertz CT molecular complexity index is 446. The minimum absolute atomic E-state index is 0.0165. The fourth-order valence-electron chi connectivity index (χ4n) is 1.05. The molecule has 0 aliphatic rings. The molecule has 1 aromatic rings. The van der Waals surface area contributed by atoms with E-state index in [0.717, 1.165) is 6.07 Å². The Kier molecular flexibility index (Phi) is 3.39. The van der Waals surface area contributed by atoms with Crippen LogP contribution in [0, 0.1) is 15.9 Å². The molecule has 0 radical (unpaired) electrons. The van der Waals surface area contributed by atoms with E-state index < -0.39 is 33.7 Å². The summed E-state index contributed by atoms with van der Waals surface area (Å²) < 4.78 is 17.5. The average Bonchev–Trinajstić information content (AvgIpc) is 2.21. The van der Waals surface area contributed by atoms with Crippen molar-refractivity contribution in [3.05, 3.63) is 33.6 Å². The van der Waals surface area contributed by atoms with Gasteiger partial charge in [0.05, 0.1) is 17.6 Å². The number of hydrogen-bond donors (Lipinski definition) is 1. The molecule has 0 aliphatic heterocycles. The van der Waals surface area contributed by atoms with Gasteiger partial charge in [-0.15, -0.1) is 0 Å². The zero-order chi connectivity index (χ0) is 12.3. The maximum Gasteiger partial charge on any atom is 0.342 e. The average molecular weight is 229 g/mol. The summed E-state index contributed by atoms with van der Waals surface area (Å²) in [6.45, 7) is 1.53. The van der Waals surface area contributed by atoms with E-state index in [1.807, 2.05) is 0 Å². The van der Waals surface area contributed by atoms with Crippen molar-refractivity contribution < 1.29 is 24.0 Å². The third-order valence-electron chi connectivity index (χ3n) is 1.75. The van der Waals surface area contributed by atoms with Crippen LogP contribution in [0.3, 0.4) is 0 Å². The number of carbonyl (C=O) groups is 1. The molecule has 1 N–H and O–H groups in total. The number of benzene rings is 1. The largest absolute Gasteiger partial charge is 0.504 e. The van der Waals surface area contributed by atoms with E-state index >= 15 is 0 Å². The number of nitro groups is 1. The standard InChI is InChI=1S/C9H8FNO5/c1-2-16-9(13)6-3-5(11(14)15)4-7(10)8(6)12/h3-4,12H,2H2,1H3. The lowest BCUT2D eigenvalue weighted by Crippen LogP contribution is -2.06. The van der Waals surface area contributed by atoms with Gasteiger partial charge in [0.1, 0.15) is 5.56 Å². The molecule has 0 amide bonds. The van der Waals surface area contributed by atoms with E-state index in [0.29, 0.717) is 6.07 Å². The van der Waals surface area contributed by atoms with Crippen molar-refractivity contribution in [3.8, 4) is 5.75 Å². The summed E-state index contributed by atoms with van der Waals surface area (Å²) in [5.74, 6) is -3.20. The van der Waals surface area contributed by atoms with Crippen molar-refractivity contribution >= 4 is 11.7 Å². The molecule has 1 aromatic carbocycles. The van der Waals surface area contributed by atoms with Crippen LogP contribution in [0.25, 0.3) is 0 Å². The second-order valence-electron chi connectivity index (χ2n) is 2.80. The van der Waals surface area contributed by atoms with Crippen molar-refractivity contribution in [1.29, 1.82) is 0 Å². The number of hydrogen-bond acceptors (Lipinski definition) is 5. The molecule has 0 heterocycles. The Morgan fingerprint density at radius 3 is 2.75 bits per heavy atom. The lowest BCUT2D eigenvalue weighted by Gasteiger charge is -2.04. The number of nitro benzene ring substituents is 1. The fourth-order valence-corrected chi connectivity index (χ4v) is 1.05. The lowest BCUT2D eigenvalue weighted by atomic mass is 10.1. The molecule has 16 heavy (non-hydrogen) atoms. The molecule has 0 saturated heterocycles. The van der Waals surface area contributed by atoms with E-state index in [1.165, 1.54) is 6.92 Å². The van der Waals surface area contributed by atoms with Gasteiger partial charge in [-0.2, -0.15) is 0 Å². The van der Waals surface area contributed by atoms with Crippen LogP contribution in [0.2, 0.25) is 0 Å². The van der Waals surface area contributed by atoms with Crippen molar-refractivity contribution in [1.82, 2.24) is 0 Å². The highest BCUT2D eigenvalue weighted by Crippen LogP contribution is 2.27. The highest BCUT2D eigenvalue weighted by atomic mass is 19.1. The maximum atomic E-state index is 13.0. The first-order valence-electron chi connectivity index (χ1n) is 4.31. The first-order valence-corrected chi connectivity index (χ1v) is 4.31. The third-order valence-corrected chi connectivity index (χ3v) is 1.75. The molecular weight excluding hydrogens is 221 g/mol. The number of phenolic OH excluding ortho intramolecular Hbond substituents is 1. The van der Waals surface area contributed by atoms with Gasteiger partial charge in [-0.05, 0) is 6.92 Å². The zero-order valence-corrected chi connectivity index (χ0v) is 8.27. The van der Waals surface area contributed by atoms with E-state index in [4.69, 9.17) is 0 Å². The number of rotatable bonds is 3. The van der Waals surface area contributed by atoms with Crippen LogP contribution >= 0.6 is 0 Å². The number of nitrogens with zero attached hydrogens (tertiary/aromatic N) is 1. The molecule has 0 unspecified atom stereocenters. The molecule has 0 saturated carbocycles. The van der Waals surface area contributed by atoms with Gasteiger partial charge < -0.3 is 9.84 Å². The summed E-state index contributed by atoms with van der Waals surface area (Å²) in [5.41, 5.74) is -1.19. The minimum atomic E-state index is -1.24. The van der Waals surface area contributed by atoms with Gasteiger partial charge in [0.2, 0.25) is 0 Å². The Morgan fingerprint density at radius 1 is 1.62 bits per heavy atom. The van der Waals surface area contributed by atoms with Gasteiger partial charge in [0.25, 0.3) is 5.69 Å². The number of aromatic hydroxyl groups is 1. The van der Waals surface area contributed by atoms with Crippen molar-refractivity contribution in [2.24, 2.45) is 0 Å².